The van der Waals surface area contributed by atoms with Crippen molar-refractivity contribution in [3.63, 3.8) is 0 Å². The fourth-order valence-corrected chi connectivity index (χ4v) is 2.26. The van der Waals surface area contributed by atoms with Gasteiger partial charge >= 0.3 is 0 Å². The SMILES string of the molecule is N#Cc1cccc(C(=O)C2CCCNC(=O)C2N)c1. The number of nitriles is 1. The largest absolute Gasteiger partial charge is 0.355 e. The first kappa shape index (κ1) is 13.2. The molecule has 1 heterocycles. The Labute approximate surface area is 111 Å². The van der Waals surface area contributed by atoms with E-state index in [-0.39, 0.29) is 11.7 Å². The summed E-state index contributed by atoms with van der Waals surface area (Å²) in [4.78, 5) is 24.0. The number of amides is 1. The summed E-state index contributed by atoms with van der Waals surface area (Å²) in [5, 5.41) is 11.5. The third-order valence-corrected chi connectivity index (χ3v) is 3.34. The summed E-state index contributed by atoms with van der Waals surface area (Å²) < 4.78 is 0. The fraction of sp³-hybridized carbons (Fsp3) is 0.357. The zero-order chi connectivity index (χ0) is 13.8. The first-order chi connectivity index (χ1) is 9.13. The van der Waals surface area contributed by atoms with E-state index in [9.17, 15) is 9.59 Å². The van der Waals surface area contributed by atoms with Crippen LogP contribution in [0.4, 0.5) is 0 Å². The van der Waals surface area contributed by atoms with Crippen LogP contribution in [-0.2, 0) is 4.79 Å². The van der Waals surface area contributed by atoms with Crippen LogP contribution in [0.1, 0.15) is 28.8 Å². The van der Waals surface area contributed by atoms with Crippen molar-refractivity contribution in [1.29, 1.82) is 5.26 Å². The number of hydrogen-bond acceptors (Lipinski definition) is 4. The Kier molecular flexibility index (Phi) is 3.93. The number of carbonyl (C=O) groups is 2. The van der Waals surface area contributed by atoms with E-state index in [1.54, 1.807) is 18.2 Å². The van der Waals surface area contributed by atoms with Crippen LogP contribution >= 0.6 is 0 Å². The number of nitrogens with two attached hydrogens (primary N) is 1. The second-order valence-corrected chi connectivity index (χ2v) is 4.62. The van der Waals surface area contributed by atoms with Gasteiger partial charge in [0, 0.05) is 18.0 Å². The second kappa shape index (κ2) is 5.63. The average Bonchev–Trinajstić information content (AvgIpc) is 2.61. The minimum absolute atomic E-state index is 0.165. The van der Waals surface area contributed by atoms with Gasteiger partial charge in [0.1, 0.15) is 0 Å². The smallest absolute Gasteiger partial charge is 0.237 e. The lowest BCUT2D eigenvalue weighted by molar-refractivity contribution is -0.122. The number of Topliss-reactive ketones (excluding diaryl/α,β-unsaturated/α-hetero) is 1. The Morgan fingerprint density at radius 3 is 3.00 bits per heavy atom. The van der Waals surface area contributed by atoms with E-state index in [2.05, 4.69) is 5.32 Å². The van der Waals surface area contributed by atoms with Crippen LogP contribution in [0.15, 0.2) is 24.3 Å². The van der Waals surface area contributed by atoms with Gasteiger partial charge < -0.3 is 11.1 Å². The zero-order valence-electron chi connectivity index (χ0n) is 10.4. The van der Waals surface area contributed by atoms with Gasteiger partial charge in [-0.3, -0.25) is 9.59 Å². The molecule has 2 rings (SSSR count). The van der Waals surface area contributed by atoms with Gasteiger partial charge in [0.25, 0.3) is 0 Å². The minimum atomic E-state index is -0.819. The molecule has 1 aromatic carbocycles. The van der Waals surface area contributed by atoms with E-state index in [1.165, 1.54) is 6.07 Å². The molecule has 1 aromatic rings. The Balaban J connectivity index is 2.26. The lowest BCUT2D eigenvalue weighted by Gasteiger charge is -2.18. The number of carbonyl (C=O) groups excluding carboxylic acids is 2. The predicted molar refractivity (Wildman–Crippen MR) is 69.2 cm³/mol. The van der Waals surface area contributed by atoms with E-state index in [1.807, 2.05) is 6.07 Å². The van der Waals surface area contributed by atoms with Gasteiger partial charge in [-0.2, -0.15) is 5.26 Å². The molecule has 1 amide bonds. The molecule has 0 spiro atoms. The summed E-state index contributed by atoms with van der Waals surface area (Å²) in [6, 6.07) is 7.66. The summed E-state index contributed by atoms with van der Waals surface area (Å²) >= 11 is 0. The lowest BCUT2D eigenvalue weighted by atomic mass is 9.87. The standard InChI is InChI=1S/C14H15N3O2/c15-8-9-3-1-4-10(7-9)13(18)11-5-2-6-17-14(19)12(11)16/h1,3-4,7,11-12H,2,5-6,16H2,(H,17,19). The minimum Gasteiger partial charge on any atom is -0.355 e. The number of rotatable bonds is 2. The lowest BCUT2D eigenvalue weighted by Crippen LogP contribution is -2.45. The third-order valence-electron chi connectivity index (χ3n) is 3.34. The van der Waals surface area contributed by atoms with Gasteiger partial charge in [-0.15, -0.1) is 0 Å². The molecule has 1 saturated heterocycles. The summed E-state index contributed by atoms with van der Waals surface area (Å²) in [5.74, 6) is -0.967. The van der Waals surface area contributed by atoms with Crippen molar-refractivity contribution in [3.8, 4) is 6.07 Å². The number of ketones is 1. The maximum absolute atomic E-state index is 12.4. The highest BCUT2D eigenvalue weighted by atomic mass is 16.2. The number of hydrogen-bond donors (Lipinski definition) is 2. The Morgan fingerprint density at radius 2 is 2.26 bits per heavy atom. The Morgan fingerprint density at radius 1 is 1.47 bits per heavy atom. The summed E-state index contributed by atoms with van der Waals surface area (Å²) in [6.07, 6.45) is 1.31. The molecule has 1 aliphatic heterocycles. The van der Waals surface area contributed by atoms with Crippen LogP contribution in [0.3, 0.4) is 0 Å². The molecule has 1 aliphatic rings. The number of nitrogens with zero attached hydrogens (tertiary/aromatic N) is 1. The van der Waals surface area contributed by atoms with E-state index in [0.29, 0.717) is 24.1 Å². The molecule has 5 nitrogen and oxygen atoms in total. The first-order valence-electron chi connectivity index (χ1n) is 6.21. The van der Waals surface area contributed by atoms with Gasteiger partial charge in [-0.1, -0.05) is 12.1 Å². The average molecular weight is 257 g/mol. The van der Waals surface area contributed by atoms with Crippen molar-refractivity contribution in [2.24, 2.45) is 11.7 Å². The monoisotopic (exact) mass is 257 g/mol. The fourth-order valence-electron chi connectivity index (χ4n) is 2.26. The molecule has 5 heteroatoms. The maximum atomic E-state index is 12.4. The van der Waals surface area contributed by atoms with Gasteiger partial charge in [-0.25, -0.2) is 0 Å². The highest BCUT2D eigenvalue weighted by Crippen LogP contribution is 2.20. The molecular formula is C14H15N3O2. The maximum Gasteiger partial charge on any atom is 0.237 e. The molecule has 19 heavy (non-hydrogen) atoms. The molecular weight excluding hydrogens is 242 g/mol. The van der Waals surface area contributed by atoms with E-state index in [0.717, 1.165) is 6.42 Å². The predicted octanol–water partition coefficient (Wildman–Crippen LogP) is 0.594. The van der Waals surface area contributed by atoms with Crippen molar-refractivity contribution < 1.29 is 9.59 Å². The molecule has 2 atom stereocenters. The normalized spacial score (nSPS) is 23.1. The molecule has 98 valence electrons. The number of benzene rings is 1. The first-order valence-corrected chi connectivity index (χ1v) is 6.21. The molecule has 0 bridgehead atoms. The van der Waals surface area contributed by atoms with E-state index >= 15 is 0 Å². The summed E-state index contributed by atoms with van der Waals surface area (Å²) in [6.45, 7) is 0.550. The molecule has 3 N–H and O–H groups in total. The second-order valence-electron chi connectivity index (χ2n) is 4.62. The van der Waals surface area contributed by atoms with Crippen LogP contribution in [0.25, 0.3) is 0 Å². The van der Waals surface area contributed by atoms with Gasteiger partial charge in [-0.05, 0) is 25.0 Å². The quantitative estimate of drug-likeness (QED) is 0.758. The van der Waals surface area contributed by atoms with Crippen molar-refractivity contribution in [2.45, 2.75) is 18.9 Å². The summed E-state index contributed by atoms with van der Waals surface area (Å²) in [5.41, 5.74) is 6.70. The van der Waals surface area contributed by atoms with Crippen LogP contribution in [0.2, 0.25) is 0 Å². The molecule has 1 fully saturated rings. The zero-order valence-corrected chi connectivity index (χ0v) is 10.4. The van der Waals surface area contributed by atoms with Crippen molar-refractivity contribution in [3.05, 3.63) is 35.4 Å². The van der Waals surface area contributed by atoms with Crippen LogP contribution in [0.5, 0.6) is 0 Å². The van der Waals surface area contributed by atoms with Crippen LogP contribution in [-0.4, -0.2) is 24.3 Å². The Hall–Kier alpha value is -2.19. The molecule has 0 aliphatic carbocycles. The number of nitrogens with one attached hydrogen (secondary N) is 1. The van der Waals surface area contributed by atoms with Gasteiger partial charge in [0.2, 0.25) is 5.91 Å². The molecule has 0 saturated carbocycles. The highest BCUT2D eigenvalue weighted by molar-refractivity contribution is 6.01. The summed E-state index contributed by atoms with van der Waals surface area (Å²) in [7, 11) is 0. The molecule has 0 radical (unpaired) electrons. The van der Waals surface area contributed by atoms with Crippen LogP contribution < -0.4 is 11.1 Å². The van der Waals surface area contributed by atoms with Crippen molar-refractivity contribution >= 4 is 11.7 Å². The van der Waals surface area contributed by atoms with E-state index < -0.39 is 12.0 Å². The molecule has 0 aromatic heterocycles. The Bertz CT molecular complexity index is 548. The van der Waals surface area contributed by atoms with Crippen LogP contribution in [0, 0.1) is 17.2 Å². The van der Waals surface area contributed by atoms with Gasteiger partial charge in [0.05, 0.1) is 17.7 Å². The van der Waals surface area contributed by atoms with Crippen molar-refractivity contribution in [1.82, 2.24) is 5.32 Å². The third kappa shape index (κ3) is 2.80. The van der Waals surface area contributed by atoms with Gasteiger partial charge in [0.15, 0.2) is 5.78 Å². The van der Waals surface area contributed by atoms with Crippen molar-refractivity contribution in [2.75, 3.05) is 6.54 Å². The van der Waals surface area contributed by atoms with E-state index in [4.69, 9.17) is 11.0 Å². The topological polar surface area (TPSA) is 96.0 Å². The highest BCUT2D eigenvalue weighted by Gasteiger charge is 2.32. The molecule has 2 unspecified atom stereocenters.